The van der Waals surface area contributed by atoms with E-state index < -0.39 is 0 Å². The number of nitrogens with zero attached hydrogens (tertiary/aromatic N) is 5. The van der Waals surface area contributed by atoms with Crippen LogP contribution in [0.3, 0.4) is 0 Å². The maximum atomic E-state index is 12.4. The molecule has 0 atom stereocenters. The van der Waals surface area contributed by atoms with Crippen LogP contribution in [0.1, 0.15) is 35.0 Å². The van der Waals surface area contributed by atoms with Crippen molar-refractivity contribution in [3.8, 4) is 0 Å². The van der Waals surface area contributed by atoms with E-state index in [1.807, 2.05) is 18.0 Å². The number of amides is 1. The van der Waals surface area contributed by atoms with Crippen LogP contribution >= 0.6 is 11.3 Å². The van der Waals surface area contributed by atoms with Gasteiger partial charge in [-0.2, -0.15) is 0 Å². The van der Waals surface area contributed by atoms with E-state index in [0.717, 1.165) is 40.1 Å². The molecule has 0 aromatic carbocycles. The highest BCUT2D eigenvalue weighted by molar-refractivity contribution is 7.15. The molecule has 0 spiro atoms. The number of aromatic amines is 1. The van der Waals surface area contributed by atoms with E-state index in [1.165, 1.54) is 0 Å². The van der Waals surface area contributed by atoms with E-state index >= 15 is 0 Å². The van der Waals surface area contributed by atoms with Gasteiger partial charge in [-0.05, 0) is 25.8 Å². The van der Waals surface area contributed by atoms with Crippen molar-refractivity contribution in [2.24, 2.45) is 0 Å². The highest BCUT2D eigenvalue weighted by atomic mass is 32.1. The Hall–Kier alpha value is -3.07. The van der Waals surface area contributed by atoms with Gasteiger partial charge < -0.3 is 15.2 Å². The average molecular weight is 395 g/mol. The van der Waals surface area contributed by atoms with Crippen molar-refractivity contribution < 1.29 is 4.79 Å². The molecule has 1 fully saturated rings. The molecule has 4 rings (SSSR count). The Morgan fingerprint density at radius 2 is 2.07 bits per heavy atom. The van der Waals surface area contributed by atoms with Crippen molar-refractivity contribution in [3.05, 3.63) is 53.5 Å². The summed E-state index contributed by atoms with van der Waals surface area (Å²) < 4.78 is 0. The number of nitrogens with one attached hydrogen (secondary N) is 2. The molecular weight excluding hydrogens is 374 g/mol. The quantitative estimate of drug-likeness (QED) is 0.644. The standard InChI is InChI=1S/C19H21N7OS/c1-13-10-23-19(28-13)25-18-17(21-6-7-22-18)14-4-8-26(9-5-14)16(27)3-2-15-11-20-12-24-15/h2-3,6-7,10-12,14H,4-5,8-9H2,1H3,(H,20,24)(H,22,23,25). The van der Waals surface area contributed by atoms with E-state index in [1.54, 1.807) is 48.4 Å². The number of aromatic nitrogens is 5. The summed E-state index contributed by atoms with van der Waals surface area (Å²) in [6, 6.07) is 0. The summed E-state index contributed by atoms with van der Waals surface area (Å²) in [4.78, 5) is 35.7. The predicted molar refractivity (Wildman–Crippen MR) is 108 cm³/mol. The lowest BCUT2D eigenvalue weighted by molar-refractivity contribution is -0.126. The lowest BCUT2D eigenvalue weighted by Crippen LogP contribution is -2.37. The topological polar surface area (TPSA) is 99.7 Å². The molecule has 2 N–H and O–H groups in total. The van der Waals surface area contributed by atoms with Crippen LogP contribution in [-0.4, -0.2) is 48.8 Å². The monoisotopic (exact) mass is 395 g/mol. The van der Waals surface area contributed by atoms with Crippen LogP contribution < -0.4 is 5.32 Å². The van der Waals surface area contributed by atoms with Gasteiger partial charge in [0.05, 0.1) is 23.9 Å². The average Bonchev–Trinajstić information content (AvgIpc) is 3.38. The minimum Gasteiger partial charge on any atom is -0.345 e. The fourth-order valence-electron chi connectivity index (χ4n) is 3.26. The number of likely N-dealkylation sites (tertiary alicyclic amines) is 1. The minimum atomic E-state index is 0.0174. The third-order valence-electron chi connectivity index (χ3n) is 4.69. The van der Waals surface area contributed by atoms with Crippen LogP contribution in [-0.2, 0) is 4.79 Å². The normalized spacial score (nSPS) is 15.2. The van der Waals surface area contributed by atoms with Crippen LogP contribution in [0.5, 0.6) is 0 Å². The first-order valence-corrected chi connectivity index (χ1v) is 9.96. The first-order chi connectivity index (χ1) is 13.7. The molecule has 4 heterocycles. The van der Waals surface area contributed by atoms with E-state index in [0.29, 0.717) is 13.1 Å². The summed E-state index contributed by atoms with van der Waals surface area (Å²) >= 11 is 1.59. The summed E-state index contributed by atoms with van der Waals surface area (Å²) in [7, 11) is 0. The number of piperidine rings is 1. The van der Waals surface area contributed by atoms with Gasteiger partial charge in [0, 0.05) is 48.6 Å². The van der Waals surface area contributed by atoms with Crippen LogP contribution in [0.15, 0.2) is 37.2 Å². The summed E-state index contributed by atoms with van der Waals surface area (Å²) in [5.74, 6) is 1.03. The fourth-order valence-corrected chi connectivity index (χ4v) is 3.92. The van der Waals surface area contributed by atoms with E-state index in [4.69, 9.17) is 0 Å². The van der Waals surface area contributed by atoms with Crippen molar-refractivity contribution >= 4 is 34.3 Å². The molecular formula is C19H21N7OS. The molecule has 0 saturated carbocycles. The number of rotatable bonds is 5. The second kappa shape index (κ2) is 8.30. The van der Waals surface area contributed by atoms with Gasteiger partial charge in [-0.3, -0.25) is 9.78 Å². The van der Waals surface area contributed by atoms with Crippen LogP contribution in [0.25, 0.3) is 6.08 Å². The molecule has 9 heteroatoms. The lowest BCUT2D eigenvalue weighted by atomic mass is 9.93. The Kier molecular flexibility index (Phi) is 5.43. The number of imidazole rings is 1. The molecule has 1 saturated heterocycles. The van der Waals surface area contributed by atoms with Crippen LogP contribution in [0.4, 0.5) is 10.9 Å². The summed E-state index contributed by atoms with van der Waals surface area (Å²) in [5, 5.41) is 4.11. The largest absolute Gasteiger partial charge is 0.345 e. The lowest BCUT2D eigenvalue weighted by Gasteiger charge is -2.31. The Morgan fingerprint density at radius 3 is 2.79 bits per heavy atom. The molecule has 3 aromatic rings. The third kappa shape index (κ3) is 4.25. The van der Waals surface area contributed by atoms with Gasteiger partial charge in [-0.25, -0.2) is 15.0 Å². The zero-order valence-electron chi connectivity index (χ0n) is 15.5. The third-order valence-corrected chi connectivity index (χ3v) is 5.52. The van der Waals surface area contributed by atoms with Crippen molar-refractivity contribution in [2.45, 2.75) is 25.7 Å². The molecule has 1 amide bonds. The summed E-state index contributed by atoms with van der Waals surface area (Å²) in [6.07, 6.45) is 13.6. The van der Waals surface area contributed by atoms with Crippen LogP contribution in [0.2, 0.25) is 0 Å². The van der Waals surface area contributed by atoms with E-state index in [2.05, 4.69) is 30.2 Å². The Bertz CT molecular complexity index is 958. The van der Waals surface area contributed by atoms with Gasteiger partial charge in [0.1, 0.15) is 0 Å². The Balaban J connectivity index is 1.39. The first kappa shape index (κ1) is 18.3. The van der Waals surface area contributed by atoms with Crippen molar-refractivity contribution in [1.29, 1.82) is 0 Å². The van der Waals surface area contributed by atoms with Gasteiger partial charge in [0.2, 0.25) is 5.91 Å². The number of thiazole rings is 1. The maximum Gasteiger partial charge on any atom is 0.246 e. The Morgan fingerprint density at radius 1 is 1.25 bits per heavy atom. The summed E-state index contributed by atoms with van der Waals surface area (Å²) in [6.45, 7) is 3.42. The molecule has 3 aromatic heterocycles. The SMILES string of the molecule is Cc1cnc(Nc2nccnc2C2CCN(C(=O)C=Cc3cnc[nH]3)CC2)s1. The molecule has 28 heavy (non-hydrogen) atoms. The molecule has 8 nitrogen and oxygen atoms in total. The molecule has 0 unspecified atom stereocenters. The van der Waals surface area contributed by atoms with Gasteiger partial charge in [0.25, 0.3) is 0 Å². The molecule has 1 aliphatic rings. The molecule has 144 valence electrons. The second-order valence-electron chi connectivity index (χ2n) is 6.63. The van der Waals surface area contributed by atoms with Crippen molar-refractivity contribution in [2.75, 3.05) is 18.4 Å². The first-order valence-electron chi connectivity index (χ1n) is 9.15. The molecule has 0 aliphatic carbocycles. The molecule has 1 aliphatic heterocycles. The number of hydrogen-bond acceptors (Lipinski definition) is 7. The molecule has 0 bridgehead atoms. The van der Waals surface area contributed by atoms with Crippen molar-refractivity contribution in [1.82, 2.24) is 29.8 Å². The highest BCUT2D eigenvalue weighted by Crippen LogP contribution is 2.32. The fraction of sp³-hybridized carbons (Fsp3) is 0.316. The zero-order chi connectivity index (χ0) is 19.3. The van der Waals surface area contributed by atoms with E-state index in [9.17, 15) is 4.79 Å². The van der Waals surface area contributed by atoms with Gasteiger partial charge in [0.15, 0.2) is 10.9 Å². The van der Waals surface area contributed by atoms with Gasteiger partial charge in [-0.1, -0.05) is 0 Å². The number of anilines is 2. The van der Waals surface area contributed by atoms with Gasteiger partial charge >= 0.3 is 0 Å². The number of H-pyrrole nitrogens is 1. The van der Waals surface area contributed by atoms with Gasteiger partial charge in [-0.15, -0.1) is 11.3 Å². The maximum absolute atomic E-state index is 12.4. The number of hydrogen-bond donors (Lipinski definition) is 2. The van der Waals surface area contributed by atoms with Crippen LogP contribution in [0, 0.1) is 6.92 Å². The zero-order valence-corrected chi connectivity index (χ0v) is 16.3. The highest BCUT2D eigenvalue weighted by Gasteiger charge is 2.26. The van der Waals surface area contributed by atoms with Crippen molar-refractivity contribution in [3.63, 3.8) is 0 Å². The molecule has 0 radical (unpaired) electrons. The number of aryl methyl sites for hydroxylation is 1. The number of carbonyl (C=O) groups is 1. The number of carbonyl (C=O) groups excluding carboxylic acids is 1. The minimum absolute atomic E-state index is 0.0174. The van der Waals surface area contributed by atoms with E-state index in [-0.39, 0.29) is 11.8 Å². The second-order valence-corrected chi connectivity index (χ2v) is 7.87. The predicted octanol–water partition coefficient (Wildman–Crippen LogP) is 3.13. The Labute approximate surface area is 166 Å². The summed E-state index contributed by atoms with van der Waals surface area (Å²) in [5.41, 5.74) is 1.76. The smallest absolute Gasteiger partial charge is 0.246 e.